The van der Waals surface area contributed by atoms with Crippen molar-refractivity contribution in [3.8, 4) is 5.75 Å². The smallest absolute Gasteiger partial charge is 0.409 e. The first kappa shape index (κ1) is 23.6. The lowest BCUT2D eigenvalue weighted by Crippen LogP contribution is -2.50. The van der Waals surface area contributed by atoms with Crippen molar-refractivity contribution in [2.45, 2.75) is 31.6 Å². The molecule has 12 heteroatoms. The van der Waals surface area contributed by atoms with Gasteiger partial charge in [0, 0.05) is 32.7 Å². The van der Waals surface area contributed by atoms with Gasteiger partial charge in [0.25, 0.3) is 0 Å². The van der Waals surface area contributed by atoms with Crippen molar-refractivity contribution in [1.82, 2.24) is 9.21 Å². The molecule has 2 saturated heterocycles. The van der Waals surface area contributed by atoms with Crippen molar-refractivity contribution < 1.29 is 31.1 Å². The number of carbonyl (C=O) groups is 1. The second-order valence-corrected chi connectivity index (χ2v) is 11.2. The molecule has 0 unspecified atom stereocenters. The Labute approximate surface area is 183 Å². The van der Waals surface area contributed by atoms with Crippen LogP contribution in [0.5, 0.6) is 5.75 Å². The summed E-state index contributed by atoms with van der Waals surface area (Å²) in [4.78, 5) is 13.3. The van der Waals surface area contributed by atoms with Crippen LogP contribution in [0.3, 0.4) is 0 Å². The minimum atomic E-state index is -3.97. The van der Waals surface area contributed by atoms with E-state index in [9.17, 15) is 21.6 Å². The standard InChI is InChI=1S/C19H29N3O7S2/c1-3-28-17-8-7-16(22-9-5-6-14-30(22,24)25)15-18(17)31(26,27)21-12-10-20(11-13-21)19(23)29-4-2/h7-8,15H,3-6,9-14H2,1-2H3. The third kappa shape index (κ3) is 5.07. The van der Waals surface area contributed by atoms with Crippen molar-refractivity contribution in [3.63, 3.8) is 0 Å². The number of benzene rings is 1. The van der Waals surface area contributed by atoms with E-state index in [-0.39, 0.29) is 55.8 Å². The van der Waals surface area contributed by atoms with Gasteiger partial charge in [-0.25, -0.2) is 21.6 Å². The van der Waals surface area contributed by atoms with E-state index in [2.05, 4.69) is 0 Å². The predicted molar refractivity (Wildman–Crippen MR) is 115 cm³/mol. The highest BCUT2D eigenvalue weighted by Crippen LogP contribution is 2.34. The number of anilines is 1. The topological polar surface area (TPSA) is 114 Å². The first-order chi connectivity index (χ1) is 14.7. The van der Waals surface area contributed by atoms with Crippen molar-refractivity contribution >= 4 is 31.8 Å². The van der Waals surface area contributed by atoms with E-state index in [4.69, 9.17) is 9.47 Å². The largest absolute Gasteiger partial charge is 0.492 e. The number of rotatable bonds is 6. The summed E-state index contributed by atoms with van der Waals surface area (Å²) in [5.41, 5.74) is 0.312. The minimum Gasteiger partial charge on any atom is -0.492 e. The summed E-state index contributed by atoms with van der Waals surface area (Å²) < 4.78 is 64.9. The molecule has 2 heterocycles. The van der Waals surface area contributed by atoms with Crippen LogP contribution >= 0.6 is 0 Å². The van der Waals surface area contributed by atoms with Gasteiger partial charge in [0.05, 0.1) is 24.7 Å². The Balaban J connectivity index is 1.90. The fraction of sp³-hybridized carbons (Fsp3) is 0.632. The lowest BCUT2D eigenvalue weighted by Gasteiger charge is -2.34. The van der Waals surface area contributed by atoms with Crippen LogP contribution in [0.25, 0.3) is 0 Å². The molecule has 2 aliphatic heterocycles. The van der Waals surface area contributed by atoms with Gasteiger partial charge in [-0.05, 0) is 44.9 Å². The Hall–Kier alpha value is -2.05. The van der Waals surface area contributed by atoms with Gasteiger partial charge in [-0.1, -0.05) is 0 Å². The van der Waals surface area contributed by atoms with Crippen LogP contribution in [0, 0.1) is 0 Å². The summed E-state index contributed by atoms with van der Waals surface area (Å²) >= 11 is 0. The molecule has 0 saturated carbocycles. The SMILES string of the molecule is CCOC(=O)N1CCN(S(=O)(=O)c2cc(N3CCCCS3(=O)=O)ccc2OCC)CC1. The summed E-state index contributed by atoms with van der Waals surface area (Å²) in [6.45, 7) is 4.93. The van der Waals surface area contributed by atoms with E-state index < -0.39 is 26.1 Å². The molecule has 2 aliphatic rings. The number of nitrogens with zero attached hydrogens (tertiary/aromatic N) is 3. The zero-order chi connectivity index (χ0) is 22.6. The molecule has 0 aromatic heterocycles. The van der Waals surface area contributed by atoms with Crippen LogP contribution in [0.15, 0.2) is 23.1 Å². The van der Waals surface area contributed by atoms with Crippen LogP contribution in [0.2, 0.25) is 0 Å². The fourth-order valence-electron chi connectivity index (χ4n) is 3.67. The summed E-state index contributed by atoms with van der Waals surface area (Å²) in [7, 11) is -7.45. The Kier molecular flexibility index (Phi) is 7.32. The molecule has 0 aliphatic carbocycles. The van der Waals surface area contributed by atoms with Crippen LogP contribution in [-0.4, -0.2) is 83.8 Å². The number of sulfonamides is 2. The number of hydrogen-bond acceptors (Lipinski definition) is 7. The van der Waals surface area contributed by atoms with Crippen LogP contribution < -0.4 is 9.04 Å². The molecular weight excluding hydrogens is 446 g/mol. The van der Waals surface area contributed by atoms with Gasteiger partial charge < -0.3 is 14.4 Å². The van der Waals surface area contributed by atoms with E-state index in [0.717, 1.165) is 0 Å². The molecular formula is C19H29N3O7S2. The third-order valence-electron chi connectivity index (χ3n) is 5.25. The zero-order valence-electron chi connectivity index (χ0n) is 17.8. The number of hydrogen-bond donors (Lipinski definition) is 0. The molecule has 1 amide bonds. The molecule has 31 heavy (non-hydrogen) atoms. The highest BCUT2D eigenvalue weighted by Gasteiger charge is 2.34. The third-order valence-corrected chi connectivity index (χ3v) is 9.04. The number of amides is 1. The Morgan fingerprint density at radius 3 is 2.35 bits per heavy atom. The van der Waals surface area contributed by atoms with E-state index in [1.807, 2.05) is 0 Å². The number of piperazine rings is 1. The quantitative estimate of drug-likeness (QED) is 0.612. The van der Waals surface area contributed by atoms with E-state index in [1.54, 1.807) is 19.9 Å². The first-order valence-corrected chi connectivity index (χ1v) is 13.4. The second-order valence-electron chi connectivity index (χ2n) is 7.25. The highest BCUT2D eigenvalue weighted by atomic mass is 32.2. The van der Waals surface area contributed by atoms with Crippen molar-refractivity contribution in [2.24, 2.45) is 0 Å². The van der Waals surface area contributed by atoms with Crippen LogP contribution in [0.4, 0.5) is 10.5 Å². The molecule has 174 valence electrons. The minimum absolute atomic E-state index is 0.0398. The maximum atomic E-state index is 13.4. The van der Waals surface area contributed by atoms with Gasteiger partial charge in [-0.2, -0.15) is 4.31 Å². The van der Waals surface area contributed by atoms with Gasteiger partial charge in [0.15, 0.2) is 0 Å². The average molecular weight is 476 g/mol. The van der Waals surface area contributed by atoms with E-state index in [1.165, 1.54) is 25.6 Å². The number of ether oxygens (including phenoxy) is 2. The molecule has 2 fully saturated rings. The van der Waals surface area contributed by atoms with Gasteiger partial charge >= 0.3 is 6.09 Å². The molecule has 0 spiro atoms. The molecule has 1 aromatic carbocycles. The summed E-state index contributed by atoms with van der Waals surface area (Å²) in [5.74, 6) is 0.214. The lowest BCUT2D eigenvalue weighted by atomic mass is 10.2. The summed E-state index contributed by atoms with van der Waals surface area (Å²) in [5, 5.41) is 0. The Morgan fingerprint density at radius 1 is 1.03 bits per heavy atom. The molecule has 0 bridgehead atoms. The summed E-state index contributed by atoms with van der Waals surface area (Å²) in [6.07, 6.45) is 0.836. The molecule has 0 N–H and O–H groups in total. The molecule has 0 radical (unpaired) electrons. The van der Waals surface area contributed by atoms with Gasteiger partial charge in [0.2, 0.25) is 20.0 Å². The van der Waals surface area contributed by atoms with Gasteiger partial charge in [-0.3, -0.25) is 4.31 Å². The monoisotopic (exact) mass is 475 g/mol. The van der Waals surface area contributed by atoms with E-state index in [0.29, 0.717) is 25.1 Å². The van der Waals surface area contributed by atoms with Crippen molar-refractivity contribution in [2.75, 3.05) is 56.0 Å². The zero-order valence-corrected chi connectivity index (χ0v) is 19.5. The van der Waals surface area contributed by atoms with Crippen molar-refractivity contribution in [1.29, 1.82) is 0 Å². The molecule has 0 atom stereocenters. The second kappa shape index (κ2) is 9.61. The average Bonchev–Trinajstić information content (AvgIpc) is 2.74. The Bertz CT molecular complexity index is 1000. The molecule has 3 rings (SSSR count). The summed E-state index contributed by atoms with van der Waals surface area (Å²) in [6, 6.07) is 4.46. The normalized spacial score (nSPS) is 19.8. The highest BCUT2D eigenvalue weighted by molar-refractivity contribution is 7.92. The van der Waals surface area contributed by atoms with Crippen molar-refractivity contribution in [3.05, 3.63) is 18.2 Å². The first-order valence-electron chi connectivity index (χ1n) is 10.4. The predicted octanol–water partition coefficient (Wildman–Crippen LogP) is 1.48. The Morgan fingerprint density at radius 2 is 1.74 bits per heavy atom. The van der Waals surface area contributed by atoms with Crippen LogP contribution in [-0.2, 0) is 24.8 Å². The number of carbonyl (C=O) groups excluding carboxylic acids is 1. The van der Waals surface area contributed by atoms with Gasteiger partial charge in [0.1, 0.15) is 10.6 Å². The van der Waals surface area contributed by atoms with E-state index >= 15 is 0 Å². The maximum absolute atomic E-state index is 13.4. The maximum Gasteiger partial charge on any atom is 0.409 e. The van der Waals surface area contributed by atoms with Crippen LogP contribution in [0.1, 0.15) is 26.7 Å². The molecule has 1 aromatic rings. The lowest BCUT2D eigenvalue weighted by molar-refractivity contribution is 0.0933. The molecule has 10 nitrogen and oxygen atoms in total. The van der Waals surface area contributed by atoms with Gasteiger partial charge in [-0.15, -0.1) is 0 Å². The fourth-order valence-corrected chi connectivity index (χ4v) is 6.88.